The number of rotatable bonds is 9. The maximum Gasteiger partial charge on any atom is 0.410 e. The second kappa shape index (κ2) is 13.4. The first kappa shape index (κ1) is 32.1. The van der Waals surface area contributed by atoms with Gasteiger partial charge in [-0.2, -0.15) is 5.06 Å². The summed E-state index contributed by atoms with van der Waals surface area (Å²) >= 11 is 0. The van der Waals surface area contributed by atoms with Crippen molar-refractivity contribution in [3.05, 3.63) is 71.3 Å². The Morgan fingerprint density at radius 3 is 2.47 bits per heavy atom. The quantitative estimate of drug-likeness (QED) is 0.354. The Balaban J connectivity index is 1.32. The van der Waals surface area contributed by atoms with Gasteiger partial charge in [0.25, 0.3) is 0 Å². The molecule has 3 aromatic rings. The molecule has 3 heterocycles. The molecule has 14 heteroatoms. The second-order valence-corrected chi connectivity index (χ2v) is 11.9. The molecule has 1 aromatic heterocycles. The van der Waals surface area contributed by atoms with Crippen molar-refractivity contribution in [1.82, 2.24) is 25.1 Å². The first-order valence-corrected chi connectivity index (χ1v) is 14.6. The van der Waals surface area contributed by atoms with Crippen LogP contribution in [-0.4, -0.2) is 89.5 Å². The molecular weight excluding hydrogens is 590 g/mol. The molecule has 0 spiro atoms. The minimum atomic E-state index is -1.01. The van der Waals surface area contributed by atoms with Crippen LogP contribution in [0.3, 0.4) is 0 Å². The van der Waals surface area contributed by atoms with E-state index >= 15 is 0 Å². The number of anilines is 1. The van der Waals surface area contributed by atoms with Crippen LogP contribution >= 0.6 is 0 Å². The van der Waals surface area contributed by atoms with Gasteiger partial charge in [0.1, 0.15) is 23.6 Å². The fourth-order valence-electron chi connectivity index (χ4n) is 4.98. The average Bonchev–Trinajstić information content (AvgIpc) is 3.50. The smallest absolute Gasteiger partial charge is 0.410 e. The molecule has 0 radical (unpaired) electrons. The highest BCUT2D eigenvalue weighted by molar-refractivity contribution is 5.90. The van der Waals surface area contributed by atoms with E-state index in [0.717, 1.165) is 12.1 Å². The largest absolute Gasteiger partial charge is 0.469 e. The number of amides is 3. The SMILES string of the molecule is COCCN1C[C@@H](NC(=O)Nc2c(C)c(OC3CN(C(=O)OC(C)(C)C)C3)nn2-c2ccccc2)[C@H](c2ccc(F)c(F)c2)O1. The lowest BCUT2D eigenvalue weighted by molar-refractivity contribution is -0.154. The molecule has 2 aliphatic heterocycles. The van der Waals surface area contributed by atoms with Gasteiger partial charge in [-0.05, 0) is 57.5 Å². The highest BCUT2D eigenvalue weighted by Crippen LogP contribution is 2.32. The molecule has 0 bridgehead atoms. The number of carbonyl (C=O) groups is 2. The molecule has 2 saturated heterocycles. The van der Waals surface area contributed by atoms with Gasteiger partial charge in [-0.3, -0.25) is 10.2 Å². The molecule has 0 unspecified atom stereocenters. The summed E-state index contributed by atoms with van der Waals surface area (Å²) in [6.45, 7) is 8.93. The third kappa shape index (κ3) is 7.70. The number of hydrogen-bond acceptors (Lipinski definition) is 8. The molecule has 45 heavy (non-hydrogen) atoms. The summed E-state index contributed by atoms with van der Waals surface area (Å²) in [4.78, 5) is 33.4. The van der Waals surface area contributed by atoms with E-state index < -0.39 is 41.5 Å². The third-order valence-electron chi connectivity index (χ3n) is 7.25. The zero-order valence-electron chi connectivity index (χ0n) is 25.9. The molecule has 242 valence electrons. The summed E-state index contributed by atoms with van der Waals surface area (Å²) in [5.41, 5.74) is 1.04. The number of methoxy groups -OCH3 is 1. The Morgan fingerprint density at radius 1 is 1.07 bits per heavy atom. The molecule has 0 aliphatic carbocycles. The van der Waals surface area contributed by atoms with E-state index in [0.29, 0.717) is 54.8 Å². The van der Waals surface area contributed by atoms with Crippen LogP contribution < -0.4 is 15.4 Å². The number of benzene rings is 2. The van der Waals surface area contributed by atoms with E-state index in [4.69, 9.17) is 19.0 Å². The molecule has 3 amide bonds. The van der Waals surface area contributed by atoms with Crippen molar-refractivity contribution in [2.24, 2.45) is 0 Å². The zero-order valence-corrected chi connectivity index (χ0v) is 25.9. The molecule has 2 aromatic carbocycles. The number of hydroxylamine groups is 2. The Hall–Kier alpha value is -4.27. The predicted octanol–water partition coefficient (Wildman–Crippen LogP) is 4.58. The van der Waals surface area contributed by atoms with Crippen LogP contribution in [0.2, 0.25) is 0 Å². The van der Waals surface area contributed by atoms with Crippen LogP contribution in [0, 0.1) is 18.6 Å². The van der Waals surface area contributed by atoms with Gasteiger partial charge in [0, 0.05) is 20.2 Å². The van der Waals surface area contributed by atoms with Gasteiger partial charge in [0.05, 0.1) is 37.0 Å². The number of halogens is 2. The molecule has 5 rings (SSSR count). The molecule has 2 N–H and O–H groups in total. The molecular formula is C31H38F2N6O6. The lowest BCUT2D eigenvalue weighted by Crippen LogP contribution is -2.57. The van der Waals surface area contributed by atoms with E-state index in [1.165, 1.54) is 6.07 Å². The number of nitrogens with one attached hydrogen (secondary N) is 2. The summed E-state index contributed by atoms with van der Waals surface area (Å²) in [6.07, 6.45) is -1.48. The molecule has 2 atom stereocenters. The summed E-state index contributed by atoms with van der Waals surface area (Å²) < 4.78 is 46.0. The summed E-state index contributed by atoms with van der Waals surface area (Å²) in [7, 11) is 1.56. The summed E-state index contributed by atoms with van der Waals surface area (Å²) in [6, 6.07) is 11.6. The van der Waals surface area contributed by atoms with Crippen LogP contribution in [-0.2, 0) is 14.3 Å². The van der Waals surface area contributed by atoms with Crippen LogP contribution in [0.5, 0.6) is 5.88 Å². The van der Waals surface area contributed by atoms with Gasteiger partial charge in [-0.15, -0.1) is 5.10 Å². The minimum Gasteiger partial charge on any atom is -0.469 e. The minimum absolute atomic E-state index is 0.279. The van der Waals surface area contributed by atoms with E-state index in [1.807, 2.05) is 51.1 Å². The molecule has 2 aliphatic rings. The molecule has 0 saturated carbocycles. The van der Waals surface area contributed by atoms with Crippen molar-refractivity contribution in [1.29, 1.82) is 0 Å². The highest BCUT2D eigenvalue weighted by atomic mass is 19.2. The van der Waals surface area contributed by atoms with E-state index in [2.05, 4.69) is 15.7 Å². The van der Waals surface area contributed by atoms with Gasteiger partial charge >= 0.3 is 12.1 Å². The van der Waals surface area contributed by atoms with E-state index in [9.17, 15) is 18.4 Å². The average molecular weight is 629 g/mol. The van der Waals surface area contributed by atoms with Crippen LogP contribution in [0.1, 0.15) is 38.0 Å². The van der Waals surface area contributed by atoms with Gasteiger partial charge in [0.2, 0.25) is 5.88 Å². The number of nitrogens with zero attached hydrogens (tertiary/aromatic N) is 4. The lowest BCUT2D eigenvalue weighted by Gasteiger charge is -2.39. The van der Waals surface area contributed by atoms with E-state index in [-0.39, 0.29) is 12.6 Å². The fraction of sp³-hybridized carbons (Fsp3) is 0.452. The first-order chi connectivity index (χ1) is 21.4. The highest BCUT2D eigenvalue weighted by Gasteiger charge is 2.38. The summed E-state index contributed by atoms with van der Waals surface area (Å²) in [5.74, 6) is -1.31. The predicted molar refractivity (Wildman–Crippen MR) is 160 cm³/mol. The zero-order chi connectivity index (χ0) is 32.3. The third-order valence-corrected chi connectivity index (χ3v) is 7.25. The Labute approximate surface area is 260 Å². The van der Waals surface area contributed by atoms with Crippen LogP contribution in [0.15, 0.2) is 48.5 Å². The summed E-state index contributed by atoms with van der Waals surface area (Å²) in [5, 5.41) is 12.1. The second-order valence-electron chi connectivity index (χ2n) is 11.9. The number of urea groups is 1. The van der Waals surface area contributed by atoms with Gasteiger partial charge < -0.3 is 24.4 Å². The number of aromatic nitrogens is 2. The van der Waals surface area contributed by atoms with Crippen LogP contribution in [0.25, 0.3) is 5.69 Å². The van der Waals surface area contributed by atoms with Crippen molar-refractivity contribution >= 4 is 17.9 Å². The number of para-hydroxylation sites is 1. The monoisotopic (exact) mass is 628 g/mol. The fourth-order valence-corrected chi connectivity index (χ4v) is 4.98. The maximum atomic E-state index is 14.1. The van der Waals surface area contributed by atoms with Crippen LogP contribution in [0.4, 0.5) is 24.2 Å². The molecule has 12 nitrogen and oxygen atoms in total. The Morgan fingerprint density at radius 2 is 1.80 bits per heavy atom. The van der Waals surface area contributed by atoms with Gasteiger partial charge in [-0.25, -0.2) is 23.1 Å². The standard InChI is InChI=1S/C31H38F2N6O6/c1-19-27(35-29(40)34-25-18-38(13-14-42-5)45-26(25)20-11-12-23(32)24(33)15-20)39(21-9-7-6-8-10-21)36-28(19)43-22-16-37(17-22)30(41)44-31(2,3)4/h6-12,15,22,25-26H,13-14,16-18H2,1-5H3,(H2,34,35,40)/t25-,26+/m1/s1. The number of likely N-dealkylation sites (tertiary alicyclic amines) is 1. The van der Waals surface area contributed by atoms with Crippen molar-refractivity contribution in [3.63, 3.8) is 0 Å². The number of hydrogen-bond donors (Lipinski definition) is 2. The van der Waals surface area contributed by atoms with Crippen molar-refractivity contribution in [2.45, 2.75) is 51.5 Å². The molecule has 2 fully saturated rings. The van der Waals surface area contributed by atoms with Gasteiger partial charge in [0.15, 0.2) is 11.6 Å². The lowest BCUT2D eigenvalue weighted by atomic mass is 10.0. The number of carbonyl (C=O) groups excluding carboxylic acids is 2. The van der Waals surface area contributed by atoms with Crippen molar-refractivity contribution < 1.29 is 37.4 Å². The Kier molecular flexibility index (Phi) is 9.56. The van der Waals surface area contributed by atoms with Crippen molar-refractivity contribution in [2.75, 3.05) is 45.2 Å². The normalized spacial score (nSPS) is 18.9. The topological polar surface area (TPSA) is 119 Å². The number of ether oxygens (including phenoxy) is 3. The van der Waals surface area contributed by atoms with E-state index in [1.54, 1.807) is 28.7 Å². The first-order valence-electron chi connectivity index (χ1n) is 14.6. The maximum absolute atomic E-state index is 14.1. The van der Waals surface area contributed by atoms with Crippen molar-refractivity contribution in [3.8, 4) is 11.6 Å². The Bertz CT molecular complexity index is 1510. The van der Waals surface area contributed by atoms with Gasteiger partial charge in [-0.1, -0.05) is 24.3 Å².